The van der Waals surface area contributed by atoms with Crippen molar-refractivity contribution in [1.82, 2.24) is 0 Å². The largest absolute Gasteiger partial charge is 0.462 e. The molecule has 0 aromatic carbocycles. The molecule has 0 saturated heterocycles. The highest BCUT2D eigenvalue weighted by atomic mass is 16.6. The molecule has 6 nitrogen and oxygen atoms in total. The van der Waals surface area contributed by atoms with Crippen LogP contribution in [0.2, 0.25) is 0 Å². The topological polar surface area (TPSA) is 78.9 Å². The van der Waals surface area contributed by atoms with E-state index in [1.54, 1.807) is 0 Å². The molecule has 1 unspecified atom stereocenters. The number of hydrogen-bond acceptors (Lipinski definition) is 6. The van der Waals surface area contributed by atoms with Crippen LogP contribution < -0.4 is 0 Å². The van der Waals surface area contributed by atoms with Gasteiger partial charge in [0.15, 0.2) is 6.10 Å². The summed E-state index contributed by atoms with van der Waals surface area (Å²) < 4.78 is 17.0. The first-order valence-electron chi connectivity index (χ1n) is 33.8. The van der Waals surface area contributed by atoms with Gasteiger partial charge in [-0.1, -0.05) is 282 Å². The van der Waals surface area contributed by atoms with Crippen LogP contribution in [-0.2, 0) is 28.6 Å². The number of esters is 3. The molecule has 0 rings (SSSR count). The van der Waals surface area contributed by atoms with Gasteiger partial charge in [-0.15, -0.1) is 0 Å². The zero-order valence-corrected chi connectivity index (χ0v) is 53.2. The minimum atomic E-state index is -0.803. The lowest BCUT2D eigenvalue weighted by atomic mass is 10.0. The van der Waals surface area contributed by atoms with Crippen LogP contribution >= 0.6 is 0 Å². The van der Waals surface area contributed by atoms with Crippen molar-refractivity contribution in [1.29, 1.82) is 0 Å². The Balaban J connectivity index is 4.48. The fourth-order valence-electron chi connectivity index (χ4n) is 9.06. The molecule has 0 amide bonds. The van der Waals surface area contributed by atoms with Gasteiger partial charge in [0.1, 0.15) is 13.2 Å². The average Bonchev–Trinajstić information content (AvgIpc) is 3.47. The number of allylic oxidation sites excluding steroid dienone is 24. The molecule has 0 bridgehead atoms. The quantitative estimate of drug-likeness (QED) is 0.0261. The molecule has 464 valence electrons. The molecular weight excluding hydrogens is 1010 g/mol. The lowest BCUT2D eigenvalue weighted by molar-refractivity contribution is -0.167. The fraction of sp³-hybridized carbons (Fsp3) is 0.645. The summed E-state index contributed by atoms with van der Waals surface area (Å²) in [7, 11) is 0. The molecule has 0 aliphatic carbocycles. The summed E-state index contributed by atoms with van der Waals surface area (Å²) in [5, 5.41) is 0. The number of carbonyl (C=O) groups is 3. The second-order valence-electron chi connectivity index (χ2n) is 22.0. The highest BCUT2D eigenvalue weighted by molar-refractivity contribution is 5.71. The lowest BCUT2D eigenvalue weighted by Crippen LogP contribution is -2.30. The third-order valence-electron chi connectivity index (χ3n) is 14.1. The predicted molar refractivity (Wildman–Crippen MR) is 357 cm³/mol. The van der Waals surface area contributed by atoms with E-state index in [1.807, 2.05) is 0 Å². The molecular formula is C76H124O6. The summed E-state index contributed by atoms with van der Waals surface area (Å²) in [6.45, 7) is 6.38. The molecule has 0 aliphatic heterocycles. The Bertz CT molecular complexity index is 1780. The number of hydrogen-bond donors (Lipinski definition) is 0. The minimum absolute atomic E-state index is 0.0966. The summed E-state index contributed by atoms with van der Waals surface area (Å²) >= 11 is 0. The van der Waals surface area contributed by atoms with Crippen molar-refractivity contribution in [3.63, 3.8) is 0 Å². The third kappa shape index (κ3) is 66.1. The maximum atomic E-state index is 13.0. The Kier molecular flexibility index (Phi) is 64.8. The molecule has 0 aromatic heterocycles. The van der Waals surface area contributed by atoms with E-state index >= 15 is 0 Å². The number of carbonyl (C=O) groups excluding carboxylic acids is 3. The van der Waals surface area contributed by atoms with Gasteiger partial charge >= 0.3 is 17.9 Å². The molecule has 82 heavy (non-hydrogen) atoms. The summed E-state index contributed by atoms with van der Waals surface area (Å²) in [5.41, 5.74) is 0. The highest BCUT2D eigenvalue weighted by Gasteiger charge is 2.19. The van der Waals surface area contributed by atoms with E-state index in [1.165, 1.54) is 109 Å². The number of ether oxygens (including phenoxy) is 3. The zero-order chi connectivity index (χ0) is 59.2. The SMILES string of the molecule is CC/C=C\C/C=C\C/C=C\C/C=C\C/C=C\C/C=C\CCCCCCC(=O)OCC(COC(=O)CCCCCCCCC/C=C\C/C=C\CCCCCC)OC(=O)CCCCCCCCCCCC/C=C\C/C=C\C/C=C\C/C=C\CC. The molecule has 1 atom stereocenters. The second kappa shape index (κ2) is 68.8. The van der Waals surface area contributed by atoms with Crippen LogP contribution in [0.1, 0.15) is 297 Å². The zero-order valence-electron chi connectivity index (χ0n) is 53.2. The maximum Gasteiger partial charge on any atom is 0.306 e. The Labute approximate surface area is 506 Å². The molecule has 0 radical (unpaired) electrons. The van der Waals surface area contributed by atoms with Gasteiger partial charge in [0, 0.05) is 19.3 Å². The molecule has 0 aliphatic rings. The Morgan fingerprint density at radius 2 is 0.476 bits per heavy atom. The monoisotopic (exact) mass is 1130 g/mol. The van der Waals surface area contributed by atoms with Crippen molar-refractivity contribution in [3.8, 4) is 0 Å². The normalized spacial score (nSPS) is 13.1. The van der Waals surface area contributed by atoms with Crippen molar-refractivity contribution in [2.24, 2.45) is 0 Å². The van der Waals surface area contributed by atoms with Crippen LogP contribution in [-0.4, -0.2) is 37.2 Å². The third-order valence-corrected chi connectivity index (χ3v) is 14.1. The van der Waals surface area contributed by atoms with Gasteiger partial charge in [0.05, 0.1) is 0 Å². The summed E-state index contributed by atoms with van der Waals surface area (Å²) in [4.78, 5) is 38.5. The van der Waals surface area contributed by atoms with E-state index < -0.39 is 6.10 Å². The van der Waals surface area contributed by atoms with Crippen LogP contribution in [0, 0.1) is 0 Å². The van der Waals surface area contributed by atoms with E-state index in [0.717, 1.165) is 148 Å². The van der Waals surface area contributed by atoms with Crippen molar-refractivity contribution < 1.29 is 28.6 Å². The Hall–Kier alpha value is -4.71. The van der Waals surface area contributed by atoms with E-state index in [4.69, 9.17) is 14.2 Å². The first kappa shape index (κ1) is 77.3. The average molecular weight is 1130 g/mol. The van der Waals surface area contributed by atoms with Gasteiger partial charge in [-0.05, 0) is 141 Å². The van der Waals surface area contributed by atoms with Crippen molar-refractivity contribution in [2.75, 3.05) is 13.2 Å². The van der Waals surface area contributed by atoms with E-state index in [-0.39, 0.29) is 31.1 Å². The molecule has 0 heterocycles. The van der Waals surface area contributed by atoms with Gasteiger partial charge in [0.2, 0.25) is 0 Å². The van der Waals surface area contributed by atoms with E-state index in [0.29, 0.717) is 19.3 Å². The van der Waals surface area contributed by atoms with Crippen molar-refractivity contribution >= 4 is 17.9 Å². The first-order chi connectivity index (χ1) is 40.5. The van der Waals surface area contributed by atoms with Crippen LogP contribution in [0.5, 0.6) is 0 Å². The minimum Gasteiger partial charge on any atom is -0.462 e. The Morgan fingerprint density at radius 1 is 0.256 bits per heavy atom. The summed E-state index contributed by atoms with van der Waals surface area (Å²) in [5.74, 6) is -0.929. The van der Waals surface area contributed by atoms with E-state index in [9.17, 15) is 14.4 Å². The van der Waals surface area contributed by atoms with Gasteiger partial charge in [0.25, 0.3) is 0 Å². The molecule has 0 fully saturated rings. The smallest absolute Gasteiger partial charge is 0.306 e. The van der Waals surface area contributed by atoms with Crippen LogP contribution in [0.4, 0.5) is 0 Å². The second-order valence-corrected chi connectivity index (χ2v) is 22.0. The molecule has 0 aromatic rings. The molecule has 0 spiro atoms. The van der Waals surface area contributed by atoms with Crippen molar-refractivity contribution in [2.45, 2.75) is 303 Å². The van der Waals surface area contributed by atoms with Gasteiger partial charge < -0.3 is 14.2 Å². The highest BCUT2D eigenvalue weighted by Crippen LogP contribution is 2.15. The molecule has 6 heteroatoms. The molecule has 0 N–H and O–H groups in total. The lowest BCUT2D eigenvalue weighted by Gasteiger charge is -2.18. The van der Waals surface area contributed by atoms with E-state index in [2.05, 4.69) is 167 Å². The van der Waals surface area contributed by atoms with Crippen LogP contribution in [0.25, 0.3) is 0 Å². The van der Waals surface area contributed by atoms with Crippen LogP contribution in [0.3, 0.4) is 0 Å². The van der Waals surface area contributed by atoms with Gasteiger partial charge in [-0.25, -0.2) is 0 Å². The number of unbranched alkanes of at least 4 members (excludes halogenated alkanes) is 25. The summed E-state index contributed by atoms with van der Waals surface area (Å²) in [6, 6.07) is 0. The number of rotatable bonds is 60. The van der Waals surface area contributed by atoms with Crippen molar-refractivity contribution in [3.05, 3.63) is 146 Å². The fourth-order valence-corrected chi connectivity index (χ4v) is 9.06. The Morgan fingerprint density at radius 3 is 0.744 bits per heavy atom. The first-order valence-corrected chi connectivity index (χ1v) is 33.8. The van der Waals surface area contributed by atoms with Gasteiger partial charge in [-0.3, -0.25) is 14.4 Å². The predicted octanol–water partition coefficient (Wildman–Crippen LogP) is 23.5. The van der Waals surface area contributed by atoms with Crippen LogP contribution in [0.15, 0.2) is 146 Å². The molecule has 0 saturated carbocycles. The standard InChI is InChI=1S/C76H124O6/c1-4-7-10-13-16-19-22-25-28-31-34-36-38-40-42-45-48-51-54-57-60-63-66-69-75(78)81-72-73(71-80-74(77)68-65-62-59-56-53-50-47-44-33-30-27-24-21-18-15-12-9-6-3)82-76(79)70-67-64-61-58-55-52-49-46-43-41-39-37-35-32-29-26-23-20-17-14-11-8-5-2/h7-8,10-11,16-17,19-21,24-26,28-30,33-37,40,42,48,51,73H,4-6,9,12-15,18,22-23,27,31-32,38-39,41,43-47,49-50,52-72H2,1-3H3/b10-7-,11-8-,19-16-,20-17-,24-21-,28-25-,29-26-,33-30-,36-34-,37-35-,42-40-,51-48-. The summed E-state index contributed by atoms with van der Waals surface area (Å²) in [6.07, 6.45) is 98.5. The van der Waals surface area contributed by atoms with Gasteiger partial charge in [-0.2, -0.15) is 0 Å². The maximum absolute atomic E-state index is 13.0.